The second-order valence-corrected chi connectivity index (χ2v) is 7.44. The van der Waals surface area contributed by atoms with Gasteiger partial charge in [0.25, 0.3) is 5.72 Å². The molecule has 1 aliphatic heterocycles. The van der Waals surface area contributed by atoms with E-state index in [0.717, 1.165) is 6.42 Å². The molecule has 0 N–H and O–H groups in total. The minimum Gasteiger partial charge on any atom is -0.406 e. The lowest BCUT2D eigenvalue weighted by Crippen LogP contribution is -2.53. The van der Waals surface area contributed by atoms with E-state index in [0.29, 0.717) is 24.3 Å². The van der Waals surface area contributed by atoms with E-state index in [1.54, 1.807) is 23.4 Å². The third kappa shape index (κ3) is 3.10. The highest BCUT2D eigenvalue weighted by Gasteiger charge is 2.50. The van der Waals surface area contributed by atoms with Crippen LogP contribution in [-0.2, 0) is 10.5 Å². The molecule has 2 aromatic heterocycles. The highest BCUT2D eigenvalue weighted by molar-refractivity contribution is 6.28. The third-order valence-electron chi connectivity index (χ3n) is 4.34. The maximum atomic E-state index is 12.4. The van der Waals surface area contributed by atoms with Gasteiger partial charge in [0, 0.05) is 36.5 Å². The van der Waals surface area contributed by atoms with Gasteiger partial charge in [0.05, 0.1) is 11.9 Å². The Balaban J connectivity index is 2.00. The molecule has 0 spiro atoms. The second kappa shape index (κ2) is 6.57. The van der Waals surface area contributed by atoms with Crippen LogP contribution < -0.4 is 0 Å². The van der Waals surface area contributed by atoms with Crippen LogP contribution in [0.15, 0.2) is 24.7 Å². The Kier molecular flexibility index (Phi) is 4.59. The topological polar surface area (TPSA) is 96.9 Å². The highest BCUT2D eigenvalue weighted by Crippen LogP contribution is 2.39. The van der Waals surface area contributed by atoms with Gasteiger partial charge >= 0.3 is 6.09 Å². The number of halogens is 1. The number of amides is 1. The molecule has 3 heterocycles. The number of hydrogen-bond donors (Lipinski definition) is 0. The van der Waals surface area contributed by atoms with Gasteiger partial charge in [0.1, 0.15) is 6.07 Å². The van der Waals surface area contributed by atoms with Crippen molar-refractivity contribution in [3.8, 4) is 17.3 Å². The van der Waals surface area contributed by atoms with Crippen LogP contribution in [0.25, 0.3) is 11.3 Å². The van der Waals surface area contributed by atoms with Crippen LogP contribution in [0, 0.1) is 16.7 Å². The van der Waals surface area contributed by atoms with Crippen molar-refractivity contribution in [2.45, 2.75) is 32.9 Å². The average Bonchev–Trinajstić information content (AvgIpc) is 3.00. The Hall–Kier alpha value is -2.66. The molecule has 0 aliphatic carbocycles. The average molecular weight is 375 g/mol. The largest absolute Gasteiger partial charge is 0.412 e. The molecule has 0 bridgehead atoms. The van der Waals surface area contributed by atoms with Gasteiger partial charge in [-0.3, -0.25) is 0 Å². The molecule has 0 aromatic carbocycles. The van der Waals surface area contributed by atoms with Gasteiger partial charge in [0.15, 0.2) is 0 Å². The summed E-state index contributed by atoms with van der Waals surface area (Å²) in [4.78, 5) is 22.0. The summed E-state index contributed by atoms with van der Waals surface area (Å²) in [5.74, 6) is 0. The number of nitriles is 1. The lowest BCUT2D eigenvalue weighted by molar-refractivity contribution is -0.107. The summed E-state index contributed by atoms with van der Waals surface area (Å²) in [6.07, 6.45) is 5.12. The highest BCUT2D eigenvalue weighted by atomic mass is 35.5. The minimum atomic E-state index is -1.60. The van der Waals surface area contributed by atoms with Gasteiger partial charge in [-0.05, 0) is 24.1 Å². The van der Waals surface area contributed by atoms with E-state index >= 15 is 0 Å². The molecule has 1 saturated heterocycles. The summed E-state index contributed by atoms with van der Waals surface area (Å²) in [5, 5.41) is 14.4. The molecular weight excluding hydrogens is 356 g/mol. The summed E-state index contributed by atoms with van der Waals surface area (Å²) in [6, 6.07) is 3.84. The monoisotopic (exact) mass is 374 g/mol. The predicted octanol–water partition coefficient (Wildman–Crippen LogP) is 3.06. The summed E-state index contributed by atoms with van der Waals surface area (Å²) in [6.45, 7) is 6.73. The first kappa shape index (κ1) is 18.1. The molecule has 1 atom stereocenters. The van der Waals surface area contributed by atoms with E-state index in [2.05, 4.69) is 21.1 Å². The van der Waals surface area contributed by atoms with E-state index < -0.39 is 17.2 Å². The Morgan fingerprint density at radius 1 is 1.38 bits per heavy atom. The first-order chi connectivity index (χ1) is 12.3. The first-order valence-corrected chi connectivity index (χ1v) is 8.58. The molecule has 8 nitrogen and oxygen atoms in total. The quantitative estimate of drug-likeness (QED) is 0.766. The zero-order valence-electron chi connectivity index (χ0n) is 14.8. The van der Waals surface area contributed by atoms with Crippen LogP contribution in [0.1, 0.15) is 27.2 Å². The summed E-state index contributed by atoms with van der Waals surface area (Å²) in [7, 11) is 0. The van der Waals surface area contributed by atoms with Gasteiger partial charge in [-0.2, -0.15) is 10.4 Å². The van der Waals surface area contributed by atoms with E-state index in [1.807, 2.05) is 20.8 Å². The summed E-state index contributed by atoms with van der Waals surface area (Å²) < 4.78 is 7.05. The van der Waals surface area contributed by atoms with Crippen LogP contribution in [0.4, 0.5) is 4.79 Å². The fourth-order valence-electron chi connectivity index (χ4n) is 2.60. The van der Waals surface area contributed by atoms with Crippen molar-refractivity contribution >= 4 is 17.7 Å². The second-order valence-electron chi connectivity index (χ2n) is 7.10. The lowest BCUT2D eigenvalue weighted by atomic mass is 9.83. The number of aromatic nitrogens is 4. The summed E-state index contributed by atoms with van der Waals surface area (Å²) in [5.41, 5.74) is -1.13. The molecule has 2 aromatic rings. The minimum absolute atomic E-state index is 0.113. The standard InChI is InChI=1S/C17H19ClN6O2/c1-16(2,3)17(11-19,26-15(25)23-7-4-8-23)24-10-12(9-21-24)13-5-6-20-14(18)22-13/h5-6,9-10H,4,7-8H2,1-3H3. The SMILES string of the molecule is CC(C)(C)C(C#N)(OC(=O)N1CCC1)n1cc(-c2ccnc(Cl)n2)cn1. The normalized spacial score (nSPS) is 16.3. The van der Waals surface area contributed by atoms with Gasteiger partial charge in [0.2, 0.25) is 5.28 Å². The van der Waals surface area contributed by atoms with E-state index in [4.69, 9.17) is 16.3 Å². The molecule has 9 heteroatoms. The molecule has 1 amide bonds. The van der Waals surface area contributed by atoms with Gasteiger partial charge in [-0.15, -0.1) is 0 Å². The fraction of sp³-hybridized carbons (Fsp3) is 0.471. The van der Waals surface area contributed by atoms with Crippen LogP contribution >= 0.6 is 11.6 Å². The van der Waals surface area contributed by atoms with Crippen molar-refractivity contribution in [2.24, 2.45) is 5.41 Å². The number of rotatable bonds is 3. The van der Waals surface area contributed by atoms with Crippen molar-refractivity contribution in [3.63, 3.8) is 0 Å². The molecule has 26 heavy (non-hydrogen) atoms. The van der Waals surface area contributed by atoms with E-state index in [-0.39, 0.29) is 5.28 Å². The Morgan fingerprint density at radius 2 is 2.12 bits per heavy atom. The number of hydrogen-bond acceptors (Lipinski definition) is 6. The van der Waals surface area contributed by atoms with Gasteiger partial charge in [-0.1, -0.05) is 20.8 Å². The molecule has 1 unspecified atom stereocenters. The number of likely N-dealkylation sites (tertiary alicyclic amines) is 1. The molecule has 1 fully saturated rings. The van der Waals surface area contributed by atoms with Crippen molar-refractivity contribution in [3.05, 3.63) is 29.9 Å². The van der Waals surface area contributed by atoms with Crippen molar-refractivity contribution in [1.82, 2.24) is 24.6 Å². The maximum Gasteiger partial charge on any atom is 0.412 e. The smallest absolute Gasteiger partial charge is 0.406 e. The van der Waals surface area contributed by atoms with Crippen molar-refractivity contribution < 1.29 is 9.53 Å². The zero-order valence-corrected chi connectivity index (χ0v) is 15.6. The molecule has 1 aliphatic rings. The molecule has 136 valence electrons. The lowest BCUT2D eigenvalue weighted by Gasteiger charge is -2.40. The molecule has 0 saturated carbocycles. The Morgan fingerprint density at radius 3 is 2.65 bits per heavy atom. The Labute approximate surface area is 156 Å². The van der Waals surface area contributed by atoms with Crippen LogP contribution in [0.3, 0.4) is 0 Å². The van der Waals surface area contributed by atoms with Crippen molar-refractivity contribution in [2.75, 3.05) is 13.1 Å². The summed E-state index contributed by atoms with van der Waals surface area (Å²) >= 11 is 5.84. The molecular formula is C17H19ClN6O2. The molecule has 3 rings (SSSR count). The number of carbonyl (C=O) groups is 1. The maximum absolute atomic E-state index is 12.4. The fourth-order valence-corrected chi connectivity index (χ4v) is 2.75. The van der Waals surface area contributed by atoms with Crippen LogP contribution in [-0.4, -0.2) is 43.8 Å². The van der Waals surface area contributed by atoms with Crippen LogP contribution in [0.5, 0.6) is 0 Å². The van der Waals surface area contributed by atoms with Gasteiger partial charge < -0.3 is 9.64 Å². The zero-order chi connectivity index (χ0) is 18.9. The van der Waals surface area contributed by atoms with E-state index in [9.17, 15) is 10.1 Å². The number of nitrogens with zero attached hydrogens (tertiary/aromatic N) is 6. The third-order valence-corrected chi connectivity index (χ3v) is 4.53. The first-order valence-electron chi connectivity index (χ1n) is 8.20. The van der Waals surface area contributed by atoms with Gasteiger partial charge in [-0.25, -0.2) is 19.4 Å². The Bertz CT molecular complexity index is 865. The van der Waals surface area contributed by atoms with E-state index in [1.165, 1.54) is 10.9 Å². The van der Waals surface area contributed by atoms with Crippen molar-refractivity contribution in [1.29, 1.82) is 5.26 Å². The molecule has 0 radical (unpaired) electrons. The van der Waals surface area contributed by atoms with Crippen LogP contribution in [0.2, 0.25) is 5.28 Å². The number of carbonyl (C=O) groups excluding carboxylic acids is 1. The predicted molar refractivity (Wildman–Crippen MR) is 94.0 cm³/mol. The number of ether oxygens (including phenoxy) is 1.